The van der Waals surface area contributed by atoms with Crippen molar-refractivity contribution in [1.82, 2.24) is 9.88 Å². The molecule has 1 atom stereocenters. The molecule has 136 valence electrons. The van der Waals surface area contributed by atoms with Gasteiger partial charge in [-0.15, -0.1) is 0 Å². The fourth-order valence-corrected chi connectivity index (χ4v) is 3.08. The zero-order chi connectivity index (χ0) is 18.8. The maximum atomic E-state index is 12.8. The van der Waals surface area contributed by atoms with E-state index in [4.69, 9.17) is 4.74 Å². The summed E-state index contributed by atoms with van der Waals surface area (Å²) in [7, 11) is 1.57. The van der Waals surface area contributed by atoms with Crippen LogP contribution in [0.15, 0.2) is 41.2 Å². The van der Waals surface area contributed by atoms with E-state index in [1.165, 1.54) is 11.0 Å². The molecule has 1 aromatic carbocycles. The van der Waals surface area contributed by atoms with Crippen LogP contribution in [0.5, 0.6) is 5.75 Å². The Hall–Kier alpha value is -3.09. The number of aryl methyl sites for hydroxylation is 1. The van der Waals surface area contributed by atoms with Crippen LogP contribution in [0.25, 0.3) is 0 Å². The number of hydrogen-bond donors (Lipinski definition) is 1. The van der Waals surface area contributed by atoms with Crippen molar-refractivity contribution >= 4 is 17.5 Å². The predicted octanol–water partition coefficient (Wildman–Crippen LogP) is 1.57. The molecule has 7 nitrogen and oxygen atoms in total. The summed E-state index contributed by atoms with van der Waals surface area (Å²) < 4.78 is 5.21. The number of aromatic nitrogens is 1. The number of H-pyrrole nitrogens is 1. The van der Waals surface area contributed by atoms with Crippen LogP contribution >= 0.6 is 0 Å². The summed E-state index contributed by atoms with van der Waals surface area (Å²) in [5.41, 5.74) is 1.01. The first-order valence-electron chi connectivity index (χ1n) is 8.38. The Bertz CT molecular complexity index is 906. The summed E-state index contributed by atoms with van der Waals surface area (Å²) >= 11 is 0. The Kier molecular flexibility index (Phi) is 4.79. The Morgan fingerprint density at radius 3 is 2.65 bits per heavy atom. The SMILES string of the molecule is COc1cccc(N2CCN(C(=O)c3ccc(C)[nH]c3=O)[C@H](C)C2=O)c1. The van der Waals surface area contributed by atoms with Gasteiger partial charge in [-0.25, -0.2) is 0 Å². The smallest absolute Gasteiger partial charge is 0.260 e. The van der Waals surface area contributed by atoms with Crippen molar-refractivity contribution in [2.75, 3.05) is 25.1 Å². The minimum absolute atomic E-state index is 0.0464. The number of piperazine rings is 1. The van der Waals surface area contributed by atoms with Crippen LogP contribution in [0.1, 0.15) is 23.0 Å². The van der Waals surface area contributed by atoms with Gasteiger partial charge in [0.25, 0.3) is 11.5 Å². The van der Waals surface area contributed by atoms with Gasteiger partial charge in [0.05, 0.1) is 7.11 Å². The largest absolute Gasteiger partial charge is 0.497 e. The van der Waals surface area contributed by atoms with Crippen molar-refractivity contribution in [3.8, 4) is 5.75 Å². The standard InChI is InChI=1S/C19H21N3O4/c1-12-7-8-16(17(23)20-12)19(25)21-9-10-22(18(24)13(21)2)14-5-4-6-15(11-14)26-3/h4-8,11,13H,9-10H2,1-3H3,(H,20,23)/t13-/m1/s1. The van der Waals surface area contributed by atoms with Crippen molar-refractivity contribution in [2.24, 2.45) is 0 Å². The van der Waals surface area contributed by atoms with E-state index >= 15 is 0 Å². The van der Waals surface area contributed by atoms with Gasteiger partial charge in [-0.05, 0) is 38.1 Å². The van der Waals surface area contributed by atoms with Crippen LogP contribution in [-0.2, 0) is 4.79 Å². The second-order valence-corrected chi connectivity index (χ2v) is 6.25. The normalized spacial score (nSPS) is 17.3. The van der Waals surface area contributed by atoms with Gasteiger partial charge >= 0.3 is 0 Å². The molecule has 0 spiro atoms. The number of benzene rings is 1. The van der Waals surface area contributed by atoms with Crippen molar-refractivity contribution in [3.63, 3.8) is 0 Å². The minimum atomic E-state index is -0.664. The lowest BCUT2D eigenvalue weighted by Gasteiger charge is -2.39. The number of nitrogens with zero attached hydrogens (tertiary/aromatic N) is 2. The molecule has 3 rings (SSSR count). The average Bonchev–Trinajstić information content (AvgIpc) is 2.63. The fourth-order valence-electron chi connectivity index (χ4n) is 3.08. The van der Waals surface area contributed by atoms with Gasteiger partial charge in [-0.2, -0.15) is 0 Å². The molecular weight excluding hydrogens is 334 g/mol. The summed E-state index contributed by atoms with van der Waals surface area (Å²) in [6, 6.07) is 9.75. The first kappa shape index (κ1) is 17.7. The van der Waals surface area contributed by atoms with E-state index in [2.05, 4.69) is 4.98 Å². The van der Waals surface area contributed by atoms with Gasteiger partial charge in [0.15, 0.2) is 0 Å². The third kappa shape index (κ3) is 3.20. The van der Waals surface area contributed by atoms with Gasteiger partial charge < -0.3 is 19.5 Å². The fraction of sp³-hybridized carbons (Fsp3) is 0.316. The van der Waals surface area contributed by atoms with Crippen molar-refractivity contribution in [3.05, 3.63) is 58.0 Å². The zero-order valence-corrected chi connectivity index (χ0v) is 15.0. The third-order valence-electron chi connectivity index (χ3n) is 4.57. The number of amides is 2. The van der Waals surface area contributed by atoms with Gasteiger partial charge in [0.2, 0.25) is 5.91 Å². The van der Waals surface area contributed by atoms with E-state index in [1.54, 1.807) is 44.1 Å². The molecule has 1 saturated heterocycles. The second kappa shape index (κ2) is 7.03. The molecule has 7 heteroatoms. The number of ether oxygens (including phenoxy) is 1. The number of rotatable bonds is 3. The van der Waals surface area contributed by atoms with E-state index < -0.39 is 17.5 Å². The highest BCUT2D eigenvalue weighted by atomic mass is 16.5. The number of aromatic amines is 1. The second-order valence-electron chi connectivity index (χ2n) is 6.25. The number of pyridine rings is 1. The Morgan fingerprint density at radius 2 is 1.96 bits per heavy atom. The van der Waals surface area contributed by atoms with E-state index in [-0.39, 0.29) is 11.5 Å². The van der Waals surface area contributed by atoms with E-state index in [1.807, 2.05) is 12.1 Å². The monoisotopic (exact) mass is 355 g/mol. The van der Waals surface area contributed by atoms with Crippen LogP contribution in [0.3, 0.4) is 0 Å². The van der Waals surface area contributed by atoms with Crippen molar-refractivity contribution in [2.45, 2.75) is 19.9 Å². The van der Waals surface area contributed by atoms with Gasteiger partial charge in [-0.1, -0.05) is 6.07 Å². The van der Waals surface area contributed by atoms with Crippen molar-refractivity contribution < 1.29 is 14.3 Å². The Morgan fingerprint density at radius 1 is 1.19 bits per heavy atom. The number of nitrogens with one attached hydrogen (secondary N) is 1. The number of anilines is 1. The average molecular weight is 355 g/mol. The molecule has 1 N–H and O–H groups in total. The molecule has 1 aromatic heterocycles. The van der Waals surface area contributed by atoms with E-state index in [0.29, 0.717) is 24.5 Å². The van der Waals surface area contributed by atoms with Crippen LogP contribution < -0.4 is 15.2 Å². The predicted molar refractivity (Wildman–Crippen MR) is 97.6 cm³/mol. The molecule has 1 fully saturated rings. The third-order valence-corrected chi connectivity index (χ3v) is 4.57. The molecule has 1 aliphatic heterocycles. The lowest BCUT2D eigenvalue weighted by molar-refractivity contribution is -0.124. The molecule has 0 aliphatic carbocycles. The molecule has 26 heavy (non-hydrogen) atoms. The van der Waals surface area contributed by atoms with Gasteiger partial charge in [0, 0.05) is 30.5 Å². The first-order valence-corrected chi connectivity index (χ1v) is 8.38. The van der Waals surface area contributed by atoms with E-state index in [0.717, 1.165) is 5.69 Å². The Balaban J connectivity index is 1.83. The van der Waals surface area contributed by atoms with E-state index in [9.17, 15) is 14.4 Å². The van der Waals surface area contributed by atoms with Crippen LogP contribution in [-0.4, -0.2) is 47.9 Å². The van der Waals surface area contributed by atoms with Crippen molar-refractivity contribution in [1.29, 1.82) is 0 Å². The molecule has 0 radical (unpaired) electrons. The molecule has 0 saturated carbocycles. The highest BCUT2D eigenvalue weighted by molar-refractivity contribution is 6.03. The molecule has 2 amide bonds. The summed E-state index contributed by atoms with van der Waals surface area (Å²) in [6.07, 6.45) is 0. The topological polar surface area (TPSA) is 82.7 Å². The number of carbonyl (C=O) groups is 2. The van der Waals surface area contributed by atoms with Gasteiger partial charge in [0.1, 0.15) is 17.4 Å². The summed E-state index contributed by atoms with van der Waals surface area (Å²) in [5, 5.41) is 0. The minimum Gasteiger partial charge on any atom is -0.497 e. The zero-order valence-electron chi connectivity index (χ0n) is 15.0. The van der Waals surface area contributed by atoms with Crippen LogP contribution in [0, 0.1) is 6.92 Å². The van der Waals surface area contributed by atoms with Gasteiger partial charge in [-0.3, -0.25) is 14.4 Å². The lowest BCUT2D eigenvalue weighted by Crippen LogP contribution is -2.58. The Labute approximate surface area is 151 Å². The highest BCUT2D eigenvalue weighted by Gasteiger charge is 2.36. The quantitative estimate of drug-likeness (QED) is 0.906. The first-order chi connectivity index (χ1) is 12.4. The molecular formula is C19H21N3O4. The van der Waals surface area contributed by atoms with Crippen LogP contribution in [0.4, 0.5) is 5.69 Å². The number of methoxy groups -OCH3 is 1. The molecule has 0 bridgehead atoms. The number of carbonyl (C=O) groups excluding carboxylic acids is 2. The van der Waals surface area contributed by atoms with Crippen LogP contribution in [0.2, 0.25) is 0 Å². The molecule has 2 heterocycles. The maximum Gasteiger partial charge on any atom is 0.260 e. The lowest BCUT2D eigenvalue weighted by atomic mass is 10.1. The summed E-state index contributed by atoms with van der Waals surface area (Å²) in [5.74, 6) is 0.0337. The molecule has 0 unspecified atom stereocenters. The summed E-state index contributed by atoms with van der Waals surface area (Å²) in [6.45, 7) is 4.12. The highest BCUT2D eigenvalue weighted by Crippen LogP contribution is 2.25. The summed E-state index contributed by atoms with van der Waals surface area (Å²) in [4.78, 5) is 43.3. The maximum absolute atomic E-state index is 12.8. The molecule has 1 aliphatic rings. The molecule has 2 aromatic rings. The number of hydrogen-bond acceptors (Lipinski definition) is 4.